The fourth-order valence-corrected chi connectivity index (χ4v) is 5.16. The molecule has 1 aliphatic heterocycles. The highest BCUT2D eigenvalue weighted by atomic mass is 16.5. The van der Waals surface area contributed by atoms with Crippen molar-refractivity contribution >= 4 is 11.8 Å². The molecule has 0 unspecified atom stereocenters. The van der Waals surface area contributed by atoms with Gasteiger partial charge < -0.3 is 20.1 Å². The van der Waals surface area contributed by atoms with E-state index < -0.39 is 11.5 Å². The summed E-state index contributed by atoms with van der Waals surface area (Å²) in [5.41, 5.74) is 0.892. The minimum absolute atomic E-state index is 0.0841. The molecule has 194 valence electrons. The van der Waals surface area contributed by atoms with E-state index in [2.05, 4.69) is 36.7 Å². The van der Waals surface area contributed by atoms with E-state index >= 15 is 0 Å². The summed E-state index contributed by atoms with van der Waals surface area (Å²) in [6.45, 7) is 2.41. The number of nitrogens with one attached hydrogen (secondary N) is 2. The molecule has 0 radical (unpaired) electrons. The van der Waals surface area contributed by atoms with Gasteiger partial charge in [-0.25, -0.2) is 9.97 Å². The largest absolute Gasteiger partial charge is 0.355 e. The van der Waals surface area contributed by atoms with Crippen molar-refractivity contribution in [2.75, 3.05) is 19.6 Å². The molecule has 2 N–H and O–H groups in total. The minimum atomic E-state index is -0.520. The van der Waals surface area contributed by atoms with E-state index in [9.17, 15) is 9.59 Å². The van der Waals surface area contributed by atoms with Crippen LogP contribution in [0.4, 0.5) is 0 Å². The summed E-state index contributed by atoms with van der Waals surface area (Å²) >= 11 is 0. The SMILES string of the molecule is N#Cc1ccc(-c2cc(C(=O)N[C@H]3CCN(CC4CC4)C[C@@H]3C(=O)NC3(c4ncccn4)CC3)no2)cc1. The van der Waals surface area contributed by atoms with E-state index in [4.69, 9.17) is 9.78 Å². The molecule has 10 nitrogen and oxygen atoms in total. The van der Waals surface area contributed by atoms with Crippen LogP contribution in [0, 0.1) is 23.2 Å². The van der Waals surface area contributed by atoms with E-state index in [1.807, 2.05) is 0 Å². The lowest BCUT2D eigenvalue weighted by molar-refractivity contribution is -0.128. The van der Waals surface area contributed by atoms with E-state index in [0.717, 1.165) is 31.5 Å². The van der Waals surface area contributed by atoms with Gasteiger partial charge in [0, 0.05) is 49.7 Å². The molecule has 6 rings (SSSR count). The third kappa shape index (κ3) is 5.15. The lowest BCUT2D eigenvalue weighted by atomic mass is 9.90. The van der Waals surface area contributed by atoms with Gasteiger partial charge in [0.25, 0.3) is 5.91 Å². The Balaban J connectivity index is 1.16. The number of hydrogen-bond donors (Lipinski definition) is 2. The van der Waals surface area contributed by atoms with E-state index in [1.165, 1.54) is 12.8 Å². The Morgan fingerprint density at radius 1 is 1.13 bits per heavy atom. The molecule has 3 heterocycles. The van der Waals surface area contributed by atoms with Crippen molar-refractivity contribution in [3.05, 3.63) is 65.9 Å². The summed E-state index contributed by atoms with van der Waals surface area (Å²) in [5, 5.41) is 19.2. The second-order valence-electron chi connectivity index (χ2n) is 10.6. The summed E-state index contributed by atoms with van der Waals surface area (Å²) < 4.78 is 5.40. The first-order valence-electron chi connectivity index (χ1n) is 13.1. The van der Waals surface area contributed by atoms with E-state index in [1.54, 1.807) is 48.8 Å². The average Bonchev–Trinajstić information content (AvgIpc) is 3.88. The third-order valence-corrected chi connectivity index (χ3v) is 7.71. The van der Waals surface area contributed by atoms with Crippen molar-refractivity contribution in [3.63, 3.8) is 0 Å². The normalized spacial score (nSPS) is 22.3. The Hall–Kier alpha value is -4.10. The molecule has 2 aliphatic carbocycles. The molecule has 3 aromatic rings. The van der Waals surface area contributed by atoms with Gasteiger partial charge in [0.15, 0.2) is 17.3 Å². The maximum absolute atomic E-state index is 13.6. The number of rotatable bonds is 8. The number of carbonyl (C=O) groups is 2. The van der Waals surface area contributed by atoms with E-state index in [0.29, 0.717) is 36.0 Å². The number of carbonyl (C=O) groups excluding carboxylic acids is 2. The van der Waals surface area contributed by atoms with Gasteiger partial charge in [-0.2, -0.15) is 5.26 Å². The molecular weight excluding hydrogens is 482 g/mol. The maximum atomic E-state index is 13.6. The Morgan fingerprint density at radius 3 is 2.58 bits per heavy atom. The lowest BCUT2D eigenvalue weighted by Gasteiger charge is -2.38. The van der Waals surface area contributed by atoms with Gasteiger partial charge in [0.2, 0.25) is 5.91 Å². The van der Waals surface area contributed by atoms with Crippen LogP contribution in [0.25, 0.3) is 11.3 Å². The highest BCUT2D eigenvalue weighted by molar-refractivity contribution is 5.94. The van der Waals surface area contributed by atoms with Crippen LogP contribution in [0.15, 0.2) is 53.3 Å². The highest BCUT2D eigenvalue weighted by Gasteiger charge is 2.50. The topological polar surface area (TPSA) is 137 Å². The van der Waals surface area contributed by atoms with Gasteiger partial charge in [0.1, 0.15) is 0 Å². The van der Waals surface area contributed by atoms with Crippen molar-refractivity contribution < 1.29 is 14.1 Å². The first kappa shape index (κ1) is 24.2. The molecule has 2 aromatic heterocycles. The van der Waals surface area contributed by atoms with Crippen LogP contribution in [0.5, 0.6) is 0 Å². The van der Waals surface area contributed by atoms with Crippen LogP contribution in [-0.2, 0) is 10.3 Å². The fraction of sp³-hybridized carbons (Fsp3) is 0.429. The zero-order valence-corrected chi connectivity index (χ0v) is 21.0. The van der Waals surface area contributed by atoms with Gasteiger partial charge in [-0.15, -0.1) is 0 Å². The molecule has 3 fully saturated rings. The smallest absolute Gasteiger partial charge is 0.273 e. The molecular formula is C28H29N7O3. The summed E-state index contributed by atoms with van der Waals surface area (Å²) in [5.74, 6) is 0.925. The predicted molar refractivity (Wildman–Crippen MR) is 136 cm³/mol. The molecule has 38 heavy (non-hydrogen) atoms. The van der Waals surface area contributed by atoms with Crippen molar-refractivity contribution in [2.24, 2.45) is 11.8 Å². The molecule has 1 aromatic carbocycles. The Morgan fingerprint density at radius 2 is 1.89 bits per heavy atom. The number of likely N-dealkylation sites (tertiary alicyclic amines) is 1. The maximum Gasteiger partial charge on any atom is 0.273 e. The molecule has 0 bridgehead atoms. The predicted octanol–water partition coefficient (Wildman–Crippen LogP) is 2.64. The monoisotopic (exact) mass is 511 g/mol. The van der Waals surface area contributed by atoms with Crippen LogP contribution in [0.2, 0.25) is 0 Å². The molecule has 2 amide bonds. The molecule has 10 heteroatoms. The zero-order chi connectivity index (χ0) is 26.1. The van der Waals surface area contributed by atoms with Crippen LogP contribution >= 0.6 is 0 Å². The number of aromatic nitrogens is 3. The molecule has 2 atom stereocenters. The molecule has 0 spiro atoms. The third-order valence-electron chi connectivity index (χ3n) is 7.71. The van der Waals surface area contributed by atoms with Crippen LogP contribution in [0.1, 0.15) is 54.0 Å². The number of nitrogens with zero attached hydrogens (tertiary/aromatic N) is 5. The van der Waals surface area contributed by atoms with Gasteiger partial charge in [-0.3, -0.25) is 9.59 Å². The van der Waals surface area contributed by atoms with Gasteiger partial charge in [-0.1, -0.05) is 5.16 Å². The number of benzene rings is 1. The summed E-state index contributed by atoms with van der Waals surface area (Å²) in [7, 11) is 0. The minimum Gasteiger partial charge on any atom is -0.355 e. The van der Waals surface area contributed by atoms with Crippen LogP contribution in [-0.4, -0.2) is 57.5 Å². The molecule has 1 saturated heterocycles. The van der Waals surface area contributed by atoms with Crippen molar-refractivity contribution in [3.8, 4) is 17.4 Å². The Bertz CT molecular complexity index is 1360. The van der Waals surface area contributed by atoms with Gasteiger partial charge >= 0.3 is 0 Å². The van der Waals surface area contributed by atoms with Gasteiger partial charge in [0.05, 0.1) is 23.1 Å². The summed E-state index contributed by atoms with van der Waals surface area (Å²) in [6.07, 6.45) is 8.15. The van der Waals surface area contributed by atoms with Crippen molar-refractivity contribution in [2.45, 2.75) is 43.7 Å². The molecule has 2 saturated carbocycles. The fourth-order valence-electron chi connectivity index (χ4n) is 5.16. The summed E-state index contributed by atoms with van der Waals surface area (Å²) in [4.78, 5) is 37.9. The average molecular weight is 512 g/mol. The van der Waals surface area contributed by atoms with Gasteiger partial charge in [-0.05, 0) is 68.4 Å². The Kier molecular flexibility index (Phi) is 6.37. The second kappa shape index (κ2) is 9.99. The quantitative estimate of drug-likeness (QED) is 0.471. The highest BCUT2D eigenvalue weighted by Crippen LogP contribution is 2.44. The zero-order valence-electron chi connectivity index (χ0n) is 21.0. The first-order chi connectivity index (χ1) is 18.5. The molecule has 3 aliphatic rings. The summed E-state index contributed by atoms with van der Waals surface area (Å²) in [6, 6.07) is 12.0. The van der Waals surface area contributed by atoms with Crippen molar-refractivity contribution in [1.82, 2.24) is 30.7 Å². The first-order valence-corrected chi connectivity index (χ1v) is 13.1. The van der Waals surface area contributed by atoms with Crippen molar-refractivity contribution in [1.29, 1.82) is 5.26 Å². The Labute approximate surface area is 220 Å². The van der Waals surface area contributed by atoms with E-state index in [-0.39, 0.29) is 23.6 Å². The lowest BCUT2D eigenvalue weighted by Crippen LogP contribution is -2.57. The van der Waals surface area contributed by atoms with Crippen LogP contribution in [0.3, 0.4) is 0 Å². The second-order valence-corrected chi connectivity index (χ2v) is 10.6. The number of piperidine rings is 1. The number of nitriles is 1. The van der Waals surface area contributed by atoms with Crippen LogP contribution < -0.4 is 10.6 Å². The standard InChI is InChI=1S/C28H29N7O3/c29-15-18-4-6-20(7-5-18)24-14-23(34-38-24)26(37)32-22-8-13-35(16-19-2-3-19)17-21(22)25(36)33-28(9-10-28)27-30-11-1-12-31-27/h1,4-7,11-12,14,19,21-22H,2-3,8-10,13,16-17H2,(H,32,37)(H,33,36)/t21-,22-/m0/s1. The number of hydrogen-bond acceptors (Lipinski definition) is 8. The number of amides is 2.